The van der Waals surface area contributed by atoms with E-state index in [4.69, 9.17) is 0 Å². The Morgan fingerprint density at radius 2 is 1.64 bits per heavy atom. The maximum atomic E-state index is 14.7. The molecular formula is C32H41F3N2O2. The zero-order valence-electron chi connectivity index (χ0n) is 22.7. The number of halogens is 3. The molecule has 0 radical (unpaired) electrons. The van der Waals surface area contributed by atoms with Gasteiger partial charge in [-0.25, -0.2) is 13.2 Å². The molecule has 3 aliphatic rings. The Hall–Kier alpha value is -2.38. The Labute approximate surface area is 230 Å². The number of hydrogen-bond acceptors (Lipinski definition) is 3. The molecule has 0 amide bonds. The molecule has 1 aliphatic carbocycles. The van der Waals surface area contributed by atoms with E-state index in [2.05, 4.69) is 34.1 Å². The summed E-state index contributed by atoms with van der Waals surface area (Å²) in [5.74, 6) is -2.71. The molecule has 0 bridgehead atoms. The van der Waals surface area contributed by atoms with Crippen LogP contribution in [0, 0.1) is 23.6 Å². The molecule has 0 spiro atoms. The number of piperidine rings is 1. The van der Waals surface area contributed by atoms with E-state index in [0.717, 1.165) is 77.0 Å². The first-order chi connectivity index (χ1) is 18.8. The van der Waals surface area contributed by atoms with Crippen LogP contribution in [-0.2, 0) is 10.7 Å². The van der Waals surface area contributed by atoms with Crippen molar-refractivity contribution in [3.8, 4) is 0 Å². The summed E-state index contributed by atoms with van der Waals surface area (Å²) >= 11 is 0. The fraction of sp³-hybridized carbons (Fsp3) is 0.594. The van der Waals surface area contributed by atoms with Crippen LogP contribution in [0.4, 0.5) is 13.2 Å². The summed E-state index contributed by atoms with van der Waals surface area (Å²) in [6.07, 6.45) is 6.29. The molecule has 212 valence electrons. The van der Waals surface area contributed by atoms with Crippen molar-refractivity contribution in [1.29, 1.82) is 0 Å². The molecule has 2 aliphatic heterocycles. The molecule has 0 unspecified atom stereocenters. The number of likely N-dealkylation sites (tertiary alicyclic amines) is 2. The van der Waals surface area contributed by atoms with Gasteiger partial charge in [0, 0.05) is 37.5 Å². The number of benzene rings is 2. The van der Waals surface area contributed by atoms with E-state index >= 15 is 0 Å². The van der Waals surface area contributed by atoms with Gasteiger partial charge in [0.1, 0.15) is 11.9 Å². The third kappa shape index (κ3) is 7.04. The lowest BCUT2D eigenvalue weighted by atomic mass is 9.80. The maximum Gasteiger partial charge on any atom is 0.320 e. The lowest BCUT2D eigenvalue weighted by Gasteiger charge is -2.35. The van der Waals surface area contributed by atoms with E-state index in [1.165, 1.54) is 24.1 Å². The van der Waals surface area contributed by atoms with E-state index < -0.39 is 23.8 Å². The normalized spacial score (nSPS) is 24.5. The average Bonchev–Trinajstić information content (AvgIpc) is 3.31. The smallest absolute Gasteiger partial charge is 0.320 e. The fourth-order valence-electron chi connectivity index (χ4n) is 6.89. The van der Waals surface area contributed by atoms with Gasteiger partial charge in [-0.3, -0.25) is 9.69 Å². The van der Waals surface area contributed by atoms with E-state index in [1.54, 1.807) is 0 Å². The Morgan fingerprint density at radius 3 is 2.26 bits per heavy atom. The van der Waals surface area contributed by atoms with Crippen molar-refractivity contribution in [2.24, 2.45) is 17.8 Å². The van der Waals surface area contributed by atoms with Gasteiger partial charge in [0.15, 0.2) is 0 Å². The summed E-state index contributed by atoms with van der Waals surface area (Å²) in [6.45, 7) is 4.23. The van der Waals surface area contributed by atoms with Crippen LogP contribution in [0.3, 0.4) is 0 Å². The van der Waals surface area contributed by atoms with Crippen molar-refractivity contribution in [3.63, 3.8) is 0 Å². The molecule has 2 heterocycles. The van der Waals surface area contributed by atoms with Gasteiger partial charge in [0.25, 0.3) is 5.92 Å². The Kier molecular flexibility index (Phi) is 8.97. The molecule has 39 heavy (non-hydrogen) atoms. The van der Waals surface area contributed by atoms with Crippen LogP contribution in [0.25, 0.3) is 0 Å². The first kappa shape index (κ1) is 28.2. The average molecular weight is 543 g/mol. The number of aliphatic carboxylic acids is 1. The zero-order chi connectivity index (χ0) is 27.4. The van der Waals surface area contributed by atoms with Crippen LogP contribution in [0.15, 0.2) is 54.6 Å². The SMILES string of the molecule is O=C(O)[C@H](CC1CCC1)N1C[C@H](CN2CCC(CCC(F)(F)c3ccc(F)cc3)CC2)[C@@H](c2ccccc2)C1. The third-order valence-electron chi connectivity index (χ3n) is 9.54. The summed E-state index contributed by atoms with van der Waals surface area (Å²) in [5, 5.41) is 10.1. The zero-order valence-corrected chi connectivity index (χ0v) is 22.7. The highest BCUT2D eigenvalue weighted by atomic mass is 19.3. The molecule has 2 aromatic rings. The van der Waals surface area contributed by atoms with Crippen molar-refractivity contribution in [2.75, 3.05) is 32.7 Å². The monoisotopic (exact) mass is 542 g/mol. The van der Waals surface area contributed by atoms with E-state index in [9.17, 15) is 23.1 Å². The Morgan fingerprint density at radius 1 is 0.949 bits per heavy atom. The number of rotatable bonds is 11. The molecular weight excluding hydrogens is 501 g/mol. The van der Waals surface area contributed by atoms with Crippen LogP contribution >= 0.6 is 0 Å². The number of carboxylic acid groups (broad SMARTS) is 1. The molecule has 0 aromatic heterocycles. The number of nitrogens with zero attached hydrogens (tertiary/aromatic N) is 2. The fourth-order valence-corrected chi connectivity index (χ4v) is 6.89. The van der Waals surface area contributed by atoms with Gasteiger partial charge in [-0.05, 0) is 74.2 Å². The second-order valence-electron chi connectivity index (χ2n) is 12.1. The topological polar surface area (TPSA) is 43.8 Å². The van der Waals surface area contributed by atoms with Crippen LogP contribution in [0.5, 0.6) is 0 Å². The van der Waals surface area contributed by atoms with Crippen LogP contribution in [-0.4, -0.2) is 59.6 Å². The quantitative estimate of drug-likeness (QED) is 0.340. The van der Waals surface area contributed by atoms with Crippen LogP contribution < -0.4 is 0 Å². The van der Waals surface area contributed by atoms with Gasteiger partial charge in [-0.1, -0.05) is 61.7 Å². The second-order valence-corrected chi connectivity index (χ2v) is 12.1. The summed E-state index contributed by atoms with van der Waals surface area (Å²) in [4.78, 5) is 16.9. The molecule has 1 saturated carbocycles. The predicted molar refractivity (Wildman–Crippen MR) is 146 cm³/mol. The molecule has 1 N–H and O–H groups in total. The summed E-state index contributed by atoms with van der Waals surface area (Å²) in [6, 6.07) is 14.6. The first-order valence-corrected chi connectivity index (χ1v) is 14.7. The van der Waals surface area contributed by atoms with Crippen molar-refractivity contribution in [3.05, 3.63) is 71.5 Å². The number of alkyl halides is 2. The van der Waals surface area contributed by atoms with Crippen molar-refractivity contribution >= 4 is 5.97 Å². The highest BCUT2D eigenvalue weighted by Gasteiger charge is 2.41. The molecule has 5 rings (SSSR count). The molecule has 2 saturated heterocycles. The molecule has 4 nitrogen and oxygen atoms in total. The van der Waals surface area contributed by atoms with Gasteiger partial charge in [-0.2, -0.15) is 0 Å². The summed E-state index contributed by atoms with van der Waals surface area (Å²) < 4.78 is 42.5. The minimum Gasteiger partial charge on any atom is -0.480 e. The van der Waals surface area contributed by atoms with Crippen LogP contribution in [0.2, 0.25) is 0 Å². The number of carbonyl (C=O) groups is 1. The van der Waals surface area contributed by atoms with Gasteiger partial charge in [0.2, 0.25) is 0 Å². The Bertz CT molecular complexity index is 1070. The summed E-state index contributed by atoms with van der Waals surface area (Å²) in [7, 11) is 0. The largest absolute Gasteiger partial charge is 0.480 e. The van der Waals surface area contributed by atoms with Gasteiger partial charge in [0.05, 0.1) is 0 Å². The minimum absolute atomic E-state index is 0.115. The predicted octanol–water partition coefficient (Wildman–Crippen LogP) is 6.77. The molecule has 3 fully saturated rings. The molecule has 2 aromatic carbocycles. The second kappa shape index (κ2) is 12.4. The van der Waals surface area contributed by atoms with E-state index in [1.807, 2.05) is 6.07 Å². The van der Waals surface area contributed by atoms with Crippen LogP contribution in [0.1, 0.15) is 68.4 Å². The van der Waals surface area contributed by atoms with Crippen molar-refractivity contribution < 1.29 is 23.1 Å². The number of hydrogen-bond donors (Lipinski definition) is 1. The summed E-state index contributed by atoms with van der Waals surface area (Å²) in [5.41, 5.74) is 1.16. The molecule has 7 heteroatoms. The highest BCUT2D eigenvalue weighted by Crippen LogP contribution is 2.39. The minimum atomic E-state index is -2.94. The molecule has 3 atom stereocenters. The standard InChI is InChI=1S/C32H41F3N2O2/c33-28-11-9-27(10-12-28)32(34,35)16-13-23-14-17-36(18-15-23)20-26-21-37(22-29(26)25-7-2-1-3-8-25)30(31(38)39)19-24-5-4-6-24/h1-3,7-12,23-24,26,29-30H,4-6,13-22H2,(H,38,39)/t26-,29+,30-/m0/s1. The third-order valence-corrected chi connectivity index (χ3v) is 9.54. The van der Waals surface area contributed by atoms with Gasteiger partial charge in [-0.15, -0.1) is 0 Å². The maximum absolute atomic E-state index is 14.7. The lowest BCUT2D eigenvalue weighted by Crippen LogP contribution is -2.43. The first-order valence-electron chi connectivity index (χ1n) is 14.7. The van der Waals surface area contributed by atoms with Gasteiger partial charge >= 0.3 is 5.97 Å². The van der Waals surface area contributed by atoms with E-state index in [0.29, 0.717) is 24.2 Å². The van der Waals surface area contributed by atoms with Gasteiger partial charge < -0.3 is 10.0 Å². The van der Waals surface area contributed by atoms with Crippen molar-refractivity contribution in [1.82, 2.24) is 9.80 Å². The number of carboxylic acids is 1. The van der Waals surface area contributed by atoms with E-state index in [-0.39, 0.29) is 17.9 Å². The highest BCUT2D eigenvalue weighted by molar-refractivity contribution is 5.73. The Balaban J connectivity index is 1.16. The van der Waals surface area contributed by atoms with Crippen molar-refractivity contribution in [2.45, 2.75) is 69.2 Å². The lowest BCUT2D eigenvalue weighted by molar-refractivity contribution is -0.144.